The average Bonchev–Trinajstić information content (AvgIpc) is 2.96. The predicted molar refractivity (Wildman–Crippen MR) is 116 cm³/mol. The third kappa shape index (κ3) is 4.09. The number of likely N-dealkylation sites (N-methyl/N-ethyl adjacent to an activating group) is 1. The Bertz CT molecular complexity index is 993. The summed E-state index contributed by atoms with van der Waals surface area (Å²) in [6.07, 6.45) is 0. The van der Waals surface area contributed by atoms with Gasteiger partial charge >= 0.3 is 0 Å². The molecule has 0 aliphatic carbocycles. The molecular formula is C24H28N2O4. The highest BCUT2D eigenvalue weighted by molar-refractivity contribution is 6.46. The summed E-state index contributed by atoms with van der Waals surface area (Å²) in [6.45, 7) is 4.83. The monoisotopic (exact) mass is 408 g/mol. The van der Waals surface area contributed by atoms with Crippen LogP contribution in [0.2, 0.25) is 0 Å². The molecule has 1 amide bonds. The van der Waals surface area contributed by atoms with Crippen molar-refractivity contribution in [3.63, 3.8) is 0 Å². The Hall–Kier alpha value is -3.12. The van der Waals surface area contributed by atoms with Crippen LogP contribution >= 0.6 is 0 Å². The molecule has 0 spiro atoms. The first kappa shape index (κ1) is 21.6. The fraction of sp³-hybridized carbons (Fsp3) is 0.333. The van der Waals surface area contributed by atoms with Gasteiger partial charge < -0.3 is 19.6 Å². The Labute approximate surface area is 177 Å². The minimum absolute atomic E-state index is 0.118. The van der Waals surface area contributed by atoms with E-state index in [-0.39, 0.29) is 11.3 Å². The van der Waals surface area contributed by atoms with Crippen molar-refractivity contribution in [1.82, 2.24) is 9.80 Å². The van der Waals surface area contributed by atoms with E-state index in [2.05, 4.69) is 0 Å². The van der Waals surface area contributed by atoms with Gasteiger partial charge in [-0.2, -0.15) is 0 Å². The molecule has 0 bridgehead atoms. The second kappa shape index (κ2) is 8.71. The summed E-state index contributed by atoms with van der Waals surface area (Å²) in [4.78, 5) is 29.4. The normalized spacial score (nSPS) is 18.3. The van der Waals surface area contributed by atoms with Crippen LogP contribution in [0.4, 0.5) is 0 Å². The van der Waals surface area contributed by atoms with Crippen LogP contribution in [-0.4, -0.2) is 60.9 Å². The molecule has 1 saturated heterocycles. The fourth-order valence-electron chi connectivity index (χ4n) is 3.69. The van der Waals surface area contributed by atoms with Gasteiger partial charge in [-0.3, -0.25) is 9.59 Å². The molecule has 30 heavy (non-hydrogen) atoms. The van der Waals surface area contributed by atoms with Gasteiger partial charge in [0.15, 0.2) is 0 Å². The summed E-state index contributed by atoms with van der Waals surface area (Å²) < 4.78 is 5.28. The summed E-state index contributed by atoms with van der Waals surface area (Å²) in [7, 11) is 5.41. The summed E-state index contributed by atoms with van der Waals surface area (Å²) in [5.74, 6) is -0.732. The van der Waals surface area contributed by atoms with Crippen LogP contribution in [0.5, 0.6) is 5.75 Å². The molecule has 158 valence electrons. The van der Waals surface area contributed by atoms with Crippen molar-refractivity contribution in [2.24, 2.45) is 0 Å². The smallest absolute Gasteiger partial charge is 0.295 e. The lowest BCUT2D eigenvalue weighted by molar-refractivity contribution is -0.140. The van der Waals surface area contributed by atoms with E-state index >= 15 is 0 Å². The molecule has 1 N–H and O–H groups in total. The number of carbonyl (C=O) groups excluding carboxylic acids is 2. The van der Waals surface area contributed by atoms with Gasteiger partial charge in [-0.1, -0.05) is 29.8 Å². The van der Waals surface area contributed by atoms with Crippen LogP contribution in [0.1, 0.15) is 28.3 Å². The van der Waals surface area contributed by atoms with E-state index < -0.39 is 17.7 Å². The first-order chi connectivity index (χ1) is 14.2. The van der Waals surface area contributed by atoms with E-state index in [1.165, 1.54) is 0 Å². The molecule has 0 aromatic heterocycles. The van der Waals surface area contributed by atoms with Crippen molar-refractivity contribution in [3.05, 3.63) is 70.3 Å². The van der Waals surface area contributed by atoms with Gasteiger partial charge in [0.05, 0.1) is 18.7 Å². The van der Waals surface area contributed by atoms with Gasteiger partial charge in [-0.05, 0) is 57.3 Å². The van der Waals surface area contributed by atoms with Crippen LogP contribution < -0.4 is 4.74 Å². The number of benzene rings is 2. The van der Waals surface area contributed by atoms with Crippen LogP contribution in [0.3, 0.4) is 0 Å². The number of rotatable bonds is 6. The first-order valence-electron chi connectivity index (χ1n) is 9.89. The number of amides is 1. The molecule has 1 aliphatic heterocycles. The number of aliphatic hydroxyl groups is 1. The zero-order chi connectivity index (χ0) is 22.0. The maximum Gasteiger partial charge on any atom is 0.295 e. The molecule has 1 fully saturated rings. The highest BCUT2D eigenvalue weighted by Gasteiger charge is 2.45. The molecule has 1 atom stereocenters. The largest absolute Gasteiger partial charge is 0.507 e. The summed E-state index contributed by atoms with van der Waals surface area (Å²) >= 11 is 0. The van der Waals surface area contributed by atoms with Crippen LogP contribution in [0.25, 0.3) is 5.76 Å². The Morgan fingerprint density at radius 1 is 1.10 bits per heavy atom. The number of Topliss-reactive ketones (excluding diaryl/α,β-unsaturated/α-hetero) is 1. The van der Waals surface area contributed by atoms with E-state index in [1.807, 2.05) is 57.1 Å². The molecule has 1 aliphatic rings. The molecular weight excluding hydrogens is 380 g/mol. The van der Waals surface area contributed by atoms with Crippen molar-refractivity contribution >= 4 is 17.4 Å². The van der Waals surface area contributed by atoms with Crippen LogP contribution in [-0.2, 0) is 9.59 Å². The fourth-order valence-corrected chi connectivity index (χ4v) is 3.69. The maximum absolute atomic E-state index is 13.0. The van der Waals surface area contributed by atoms with Crippen molar-refractivity contribution in [2.75, 3.05) is 34.3 Å². The van der Waals surface area contributed by atoms with Gasteiger partial charge in [-0.25, -0.2) is 0 Å². The van der Waals surface area contributed by atoms with Gasteiger partial charge in [0.25, 0.3) is 11.7 Å². The number of aryl methyl sites for hydroxylation is 2. The number of aliphatic hydroxyl groups excluding tert-OH is 1. The maximum atomic E-state index is 13.0. The zero-order valence-electron chi connectivity index (χ0n) is 18.1. The lowest BCUT2D eigenvalue weighted by Gasteiger charge is -2.26. The van der Waals surface area contributed by atoms with Crippen molar-refractivity contribution in [1.29, 1.82) is 0 Å². The number of carbonyl (C=O) groups is 2. The van der Waals surface area contributed by atoms with E-state index in [0.717, 1.165) is 16.7 Å². The average molecular weight is 408 g/mol. The Balaban J connectivity index is 2.14. The minimum Gasteiger partial charge on any atom is -0.507 e. The number of likely N-dealkylation sites (tertiary alicyclic amines) is 1. The number of ether oxygens (including phenoxy) is 1. The second-order valence-corrected chi connectivity index (χ2v) is 7.89. The third-order valence-corrected chi connectivity index (χ3v) is 5.39. The van der Waals surface area contributed by atoms with E-state index in [0.29, 0.717) is 24.4 Å². The van der Waals surface area contributed by atoms with Gasteiger partial charge in [0.2, 0.25) is 0 Å². The molecule has 0 radical (unpaired) electrons. The predicted octanol–water partition coefficient (Wildman–Crippen LogP) is 3.30. The standard InChI is InChI=1S/C24H28N2O4/c1-15-6-8-17(9-7-15)21-20(23(28)24(29)26(21)13-12-25(3)4)22(27)18-10-11-19(30-5)16(2)14-18/h6-11,14,21,27H,12-13H2,1-5H3/t21-/m0/s1. The third-order valence-electron chi connectivity index (χ3n) is 5.39. The Morgan fingerprint density at radius 3 is 2.33 bits per heavy atom. The first-order valence-corrected chi connectivity index (χ1v) is 9.89. The second-order valence-electron chi connectivity index (χ2n) is 7.89. The molecule has 6 nitrogen and oxygen atoms in total. The summed E-state index contributed by atoms with van der Waals surface area (Å²) in [6, 6.07) is 12.3. The van der Waals surface area contributed by atoms with E-state index in [1.54, 1.807) is 30.2 Å². The van der Waals surface area contributed by atoms with Crippen molar-refractivity contribution in [3.8, 4) is 5.75 Å². The van der Waals surface area contributed by atoms with Crippen LogP contribution in [0.15, 0.2) is 48.0 Å². The van der Waals surface area contributed by atoms with Gasteiger partial charge in [0.1, 0.15) is 11.5 Å². The number of methoxy groups -OCH3 is 1. The SMILES string of the molecule is COc1ccc(C(O)=C2C(=O)C(=O)N(CCN(C)C)[C@H]2c2ccc(C)cc2)cc1C. The molecule has 2 aromatic rings. The number of nitrogens with zero attached hydrogens (tertiary/aromatic N) is 2. The molecule has 3 rings (SSSR count). The van der Waals surface area contributed by atoms with E-state index in [9.17, 15) is 14.7 Å². The number of hydrogen-bond acceptors (Lipinski definition) is 5. The molecule has 2 aromatic carbocycles. The van der Waals surface area contributed by atoms with Crippen molar-refractivity contribution in [2.45, 2.75) is 19.9 Å². The highest BCUT2D eigenvalue weighted by Crippen LogP contribution is 2.39. The highest BCUT2D eigenvalue weighted by atomic mass is 16.5. The lowest BCUT2D eigenvalue weighted by Crippen LogP contribution is -2.35. The summed E-state index contributed by atoms with van der Waals surface area (Å²) in [5.41, 5.74) is 3.30. The van der Waals surface area contributed by atoms with Gasteiger partial charge in [-0.15, -0.1) is 0 Å². The minimum atomic E-state index is -0.662. The van der Waals surface area contributed by atoms with Crippen molar-refractivity contribution < 1.29 is 19.4 Å². The molecule has 6 heteroatoms. The quantitative estimate of drug-likeness (QED) is 0.451. The van der Waals surface area contributed by atoms with Crippen LogP contribution in [0, 0.1) is 13.8 Å². The topological polar surface area (TPSA) is 70.1 Å². The molecule has 0 unspecified atom stereocenters. The summed E-state index contributed by atoms with van der Waals surface area (Å²) in [5, 5.41) is 11.1. The Kier molecular flexibility index (Phi) is 6.27. The number of ketones is 1. The number of hydrogen-bond donors (Lipinski definition) is 1. The molecule has 0 saturated carbocycles. The van der Waals surface area contributed by atoms with Gasteiger partial charge in [0, 0.05) is 18.7 Å². The Morgan fingerprint density at radius 2 is 1.77 bits per heavy atom. The zero-order valence-corrected chi connectivity index (χ0v) is 18.1. The lowest BCUT2D eigenvalue weighted by atomic mass is 9.94. The molecule has 1 heterocycles. The van der Waals surface area contributed by atoms with E-state index in [4.69, 9.17) is 4.74 Å².